The molecule has 2 aromatic heterocycles. The number of aryl methyl sites for hydroxylation is 1. The molecule has 2 rings (SSSR count). The SMILES string of the molecule is Cc1cnccc1C(N)c1cnccn1. The van der Waals surface area contributed by atoms with Gasteiger partial charge in [-0.1, -0.05) is 0 Å². The number of nitrogens with two attached hydrogens (primary N) is 1. The van der Waals surface area contributed by atoms with E-state index >= 15 is 0 Å². The number of aromatic nitrogens is 3. The first-order valence-corrected chi connectivity index (χ1v) is 4.71. The maximum absolute atomic E-state index is 6.09. The molecule has 1 unspecified atom stereocenters. The van der Waals surface area contributed by atoms with Gasteiger partial charge in [0.15, 0.2) is 0 Å². The van der Waals surface area contributed by atoms with Gasteiger partial charge in [-0.25, -0.2) is 0 Å². The van der Waals surface area contributed by atoms with E-state index in [0.29, 0.717) is 0 Å². The minimum Gasteiger partial charge on any atom is -0.319 e. The van der Waals surface area contributed by atoms with Crippen LogP contribution >= 0.6 is 0 Å². The van der Waals surface area contributed by atoms with Crippen molar-refractivity contribution < 1.29 is 0 Å². The first-order chi connectivity index (χ1) is 7.29. The number of nitrogens with zero attached hydrogens (tertiary/aromatic N) is 3. The van der Waals surface area contributed by atoms with Gasteiger partial charge in [-0.05, 0) is 24.1 Å². The first kappa shape index (κ1) is 9.73. The van der Waals surface area contributed by atoms with Crippen molar-refractivity contribution in [1.82, 2.24) is 15.0 Å². The molecular weight excluding hydrogens is 188 g/mol. The van der Waals surface area contributed by atoms with Crippen LogP contribution in [0.5, 0.6) is 0 Å². The summed E-state index contributed by atoms with van der Waals surface area (Å²) in [6.07, 6.45) is 8.50. The zero-order valence-electron chi connectivity index (χ0n) is 8.46. The molecule has 1 atom stereocenters. The molecule has 0 aliphatic heterocycles. The average molecular weight is 200 g/mol. The monoisotopic (exact) mass is 200 g/mol. The molecule has 0 radical (unpaired) electrons. The molecule has 0 aliphatic rings. The van der Waals surface area contributed by atoms with Gasteiger partial charge in [-0.2, -0.15) is 0 Å². The molecule has 2 heterocycles. The predicted octanol–water partition coefficient (Wildman–Crippen LogP) is 1.23. The highest BCUT2D eigenvalue weighted by atomic mass is 14.8. The third-order valence-electron chi connectivity index (χ3n) is 2.30. The van der Waals surface area contributed by atoms with Crippen molar-refractivity contribution >= 4 is 0 Å². The maximum atomic E-state index is 6.09. The van der Waals surface area contributed by atoms with Gasteiger partial charge in [0.25, 0.3) is 0 Å². The van der Waals surface area contributed by atoms with E-state index in [1.165, 1.54) is 0 Å². The highest BCUT2D eigenvalue weighted by Gasteiger charge is 2.11. The Hall–Kier alpha value is -1.81. The molecule has 15 heavy (non-hydrogen) atoms. The van der Waals surface area contributed by atoms with Crippen LogP contribution in [0.2, 0.25) is 0 Å². The summed E-state index contributed by atoms with van der Waals surface area (Å²) in [6.45, 7) is 1.98. The van der Waals surface area contributed by atoms with Gasteiger partial charge >= 0.3 is 0 Å². The van der Waals surface area contributed by atoms with Gasteiger partial charge in [0.1, 0.15) is 0 Å². The van der Waals surface area contributed by atoms with Crippen LogP contribution in [0, 0.1) is 6.92 Å². The van der Waals surface area contributed by atoms with Gasteiger partial charge in [-0.3, -0.25) is 15.0 Å². The number of hydrogen-bond donors (Lipinski definition) is 1. The lowest BCUT2D eigenvalue weighted by molar-refractivity contribution is 0.808. The average Bonchev–Trinajstić information content (AvgIpc) is 2.30. The largest absolute Gasteiger partial charge is 0.319 e. The molecule has 0 aromatic carbocycles. The van der Waals surface area contributed by atoms with Crippen molar-refractivity contribution in [2.45, 2.75) is 13.0 Å². The van der Waals surface area contributed by atoms with Crippen LogP contribution in [-0.4, -0.2) is 15.0 Å². The Kier molecular flexibility index (Phi) is 2.69. The summed E-state index contributed by atoms with van der Waals surface area (Å²) in [5, 5.41) is 0. The van der Waals surface area contributed by atoms with E-state index in [0.717, 1.165) is 16.8 Å². The van der Waals surface area contributed by atoms with E-state index < -0.39 is 0 Å². The van der Waals surface area contributed by atoms with Crippen molar-refractivity contribution in [3.05, 3.63) is 53.9 Å². The van der Waals surface area contributed by atoms with Crippen LogP contribution in [0.15, 0.2) is 37.1 Å². The second-order valence-electron chi connectivity index (χ2n) is 3.34. The molecular formula is C11H12N4. The van der Waals surface area contributed by atoms with Gasteiger partial charge in [-0.15, -0.1) is 0 Å². The fourth-order valence-corrected chi connectivity index (χ4v) is 1.46. The molecule has 2 aromatic rings. The molecule has 0 bridgehead atoms. The predicted molar refractivity (Wildman–Crippen MR) is 57.0 cm³/mol. The van der Waals surface area contributed by atoms with Crippen molar-refractivity contribution in [1.29, 1.82) is 0 Å². The fourth-order valence-electron chi connectivity index (χ4n) is 1.46. The van der Waals surface area contributed by atoms with E-state index in [2.05, 4.69) is 15.0 Å². The Morgan fingerprint density at radius 1 is 1.13 bits per heavy atom. The lowest BCUT2D eigenvalue weighted by atomic mass is 10.0. The smallest absolute Gasteiger partial charge is 0.0799 e. The van der Waals surface area contributed by atoms with Gasteiger partial charge < -0.3 is 5.73 Å². The lowest BCUT2D eigenvalue weighted by Gasteiger charge is -2.12. The number of rotatable bonds is 2. The molecule has 76 valence electrons. The minimum absolute atomic E-state index is 0.235. The third kappa shape index (κ3) is 1.99. The molecule has 0 amide bonds. The second kappa shape index (κ2) is 4.14. The van der Waals surface area contributed by atoms with Crippen LogP contribution in [0.1, 0.15) is 22.9 Å². The van der Waals surface area contributed by atoms with Crippen molar-refractivity contribution in [2.24, 2.45) is 5.73 Å². The minimum atomic E-state index is -0.235. The molecule has 0 spiro atoms. The van der Waals surface area contributed by atoms with E-state index in [1.54, 1.807) is 31.0 Å². The number of pyridine rings is 1. The molecule has 4 nitrogen and oxygen atoms in total. The van der Waals surface area contributed by atoms with Crippen molar-refractivity contribution in [3.8, 4) is 0 Å². The molecule has 0 saturated heterocycles. The molecule has 0 aliphatic carbocycles. The van der Waals surface area contributed by atoms with Gasteiger partial charge in [0.05, 0.1) is 17.9 Å². The van der Waals surface area contributed by atoms with E-state index in [4.69, 9.17) is 5.73 Å². The fraction of sp³-hybridized carbons (Fsp3) is 0.182. The highest BCUT2D eigenvalue weighted by molar-refractivity contribution is 5.30. The Labute approximate surface area is 88.2 Å². The first-order valence-electron chi connectivity index (χ1n) is 4.71. The molecule has 0 fully saturated rings. The maximum Gasteiger partial charge on any atom is 0.0799 e. The van der Waals surface area contributed by atoms with E-state index in [-0.39, 0.29) is 6.04 Å². The molecule has 0 saturated carbocycles. The highest BCUT2D eigenvalue weighted by Crippen LogP contribution is 2.18. The van der Waals surface area contributed by atoms with Crippen molar-refractivity contribution in [3.63, 3.8) is 0 Å². The van der Waals surface area contributed by atoms with Crippen LogP contribution in [0.25, 0.3) is 0 Å². The molecule has 4 heteroatoms. The standard InChI is InChI=1S/C11H12N4/c1-8-6-13-3-2-9(8)11(12)10-7-14-4-5-15-10/h2-7,11H,12H2,1H3. The van der Waals surface area contributed by atoms with Crippen molar-refractivity contribution in [2.75, 3.05) is 0 Å². The Bertz CT molecular complexity index is 441. The van der Waals surface area contributed by atoms with Crippen LogP contribution in [-0.2, 0) is 0 Å². The topological polar surface area (TPSA) is 64.7 Å². The van der Waals surface area contributed by atoms with Crippen LogP contribution in [0.3, 0.4) is 0 Å². The Morgan fingerprint density at radius 3 is 2.60 bits per heavy atom. The van der Waals surface area contributed by atoms with Gasteiger partial charge in [0.2, 0.25) is 0 Å². The quantitative estimate of drug-likeness (QED) is 0.791. The summed E-state index contributed by atoms with van der Waals surface area (Å²) in [5.74, 6) is 0. The number of hydrogen-bond acceptors (Lipinski definition) is 4. The normalized spacial score (nSPS) is 12.4. The summed E-state index contributed by atoms with van der Waals surface area (Å²) in [5.41, 5.74) is 8.96. The zero-order valence-corrected chi connectivity index (χ0v) is 8.46. The Morgan fingerprint density at radius 2 is 1.93 bits per heavy atom. The van der Waals surface area contributed by atoms with E-state index in [9.17, 15) is 0 Å². The summed E-state index contributed by atoms with van der Waals surface area (Å²) < 4.78 is 0. The van der Waals surface area contributed by atoms with E-state index in [1.807, 2.05) is 13.0 Å². The summed E-state index contributed by atoms with van der Waals surface area (Å²) in [6, 6.07) is 1.68. The summed E-state index contributed by atoms with van der Waals surface area (Å²) >= 11 is 0. The zero-order chi connectivity index (χ0) is 10.7. The summed E-state index contributed by atoms with van der Waals surface area (Å²) in [4.78, 5) is 12.2. The van der Waals surface area contributed by atoms with Crippen LogP contribution < -0.4 is 5.73 Å². The van der Waals surface area contributed by atoms with Crippen LogP contribution in [0.4, 0.5) is 0 Å². The van der Waals surface area contributed by atoms with Gasteiger partial charge in [0, 0.05) is 24.8 Å². The second-order valence-corrected chi connectivity index (χ2v) is 3.34. The Balaban J connectivity index is 2.37. The summed E-state index contributed by atoms with van der Waals surface area (Å²) in [7, 11) is 0. The third-order valence-corrected chi connectivity index (χ3v) is 2.30. The molecule has 2 N–H and O–H groups in total. The lowest BCUT2D eigenvalue weighted by Crippen LogP contribution is -2.15.